The van der Waals surface area contributed by atoms with E-state index in [1.54, 1.807) is 12.2 Å². The largest absolute Gasteiger partial charge is 0.478 e. The molecule has 1 aliphatic heterocycles. The van der Waals surface area contributed by atoms with Gasteiger partial charge in [0.05, 0.1) is 0 Å². The number of rotatable bonds is 3. The molecule has 1 aliphatic rings. The summed E-state index contributed by atoms with van der Waals surface area (Å²) in [5, 5.41) is 8.38. The number of ether oxygens (including phenoxy) is 2. The maximum absolute atomic E-state index is 10.2. The van der Waals surface area contributed by atoms with E-state index in [0.29, 0.717) is 5.75 Å². The highest BCUT2D eigenvalue weighted by Crippen LogP contribution is 2.32. The zero-order valence-electron chi connectivity index (χ0n) is 8.42. The van der Waals surface area contributed by atoms with Gasteiger partial charge in [0.25, 0.3) is 0 Å². The van der Waals surface area contributed by atoms with Gasteiger partial charge in [0, 0.05) is 6.08 Å². The molecule has 0 aliphatic carbocycles. The molecule has 0 amide bonds. The van der Waals surface area contributed by atoms with Crippen LogP contribution >= 0.6 is 0 Å². The predicted molar refractivity (Wildman–Crippen MR) is 58.4 cm³/mol. The van der Waals surface area contributed by atoms with Crippen molar-refractivity contribution in [1.29, 1.82) is 0 Å². The summed E-state index contributed by atoms with van der Waals surface area (Å²) in [5.41, 5.74) is 0.930. The second-order valence-electron chi connectivity index (χ2n) is 3.17. The third kappa shape index (κ3) is 2.42. The van der Waals surface area contributed by atoms with Gasteiger partial charge in [0.2, 0.25) is 6.79 Å². The molecule has 1 heterocycles. The minimum atomic E-state index is -0.963. The smallest absolute Gasteiger partial charge is 0.328 e. The van der Waals surface area contributed by atoms with Crippen LogP contribution in [0.2, 0.25) is 0 Å². The molecule has 1 aromatic carbocycles. The van der Waals surface area contributed by atoms with Gasteiger partial charge in [-0.2, -0.15) is 0 Å². The van der Waals surface area contributed by atoms with Crippen molar-refractivity contribution in [3.05, 3.63) is 42.0 Å². The van der Waals surface area contributed by atoms with Crippen LogP contribution in [-0.2, 0) is 4.79 Å². The van der Waals surface area contributed by atoms with E-state index in [1.165, 1.54) is 6.08 Å². The van der Waals surface area contributed by atoms with Crippen molar-refractivity contribution in [3.63, 3.8) is 0 Å². The van der Waals surface area contributed by atoms with Crippen LogP contribution in [0.15, 0.2) is 36.4 Å². The Balaban J connectivity index is 2.08. The Hall–Kier alpha value is -2.23. The molecule has 0 saturated heterocycles. The molecule has 0 saturated carbocycles. The van der Waals surface area contributed by atoms with Crippen molar-refractivity contribution >= 4 is 12.0 Å². The highest BCUT2D eigenvalue weighted by Gasteiger charge is 2.11. The van der Waals surface area contributed by atoms with Gasteiger partial charge < -0.3 is 14.6 Å². The second kappa shape index (κ2) is 4.53. The van der Waals surface area contributed by atoms with Crippen molar-refractivity contribution in [2.45, 2.75) is 0 Å². The number of benzene rings is 1. The van der Waals surface area contributed by atoms with E-state index < -0.39 is 5.97 Å². The lowest BCUT2D eigenvalue weighted by molar-refractivity contribution is -0.131. The van der Waals surface area contributed by atoms with Crippen LogP contribution in [0.3, 0.4) is 0 Å². The topological polar surface area (TPSA) is 55.8 Å². The molecule has 0 atom stereocenters. The lowest BCUT2D eigenvalue weighted by atomic mass is 10.2. The fourth-order valence-corrected chi connectivity index (χ4v) is 1.32. The van der Waals surface area contributed by atoms with E-state index >= 15 is 0 Å². The first-order valence-corrected chi connectivity index (χ1v) is 4.73. The molecule has 0 aromatic heterocycles. The van der Waals surface area contributed by atoms with E-state index in [-0.39, 0.29) is 6.79 Å². The van der Waals surface area contributed by atoms with E-state index in [9.17, 15) is 4.79 Å². The number of hydrogen-bond donors (Lipinski definition) is 1. The van der Waals surface area contributed by atoms with Gasteiger partial charge in [0.1, 0.15) is 0 Å². The minimum absolute atomic E-state index is 0.251. The molecule has 1 aromatic rings. The van der Waals surface area contributed by atoms with Crippen LogP contribution in [0.25, 0.3) is 6.08 Å². The maximum atomic E-state index is 10.2. The number of hydrogen-bond acceptors (Lipinski definition) is 3. The summed E-state index contributed by atoms with van der Waals surface area (Å²) in [5.74, 6) is 0.484. The number of carboxylic acid groups (broad SMARTS) is 1. The van der Waals surface area contributed by atoms with Gasteiger partial charge in [-0.1, -0.05) is 24.3 Å². The predicted octanol–water partition coefficient (Wildman–Crippen LogP) is 2.07. The SMILES string of the molecule is O=C(O)/C=C\C=C\c1ccc2c(c1)OCO2. The van der Waals surface area contributed by atoms with Crippen LogP contribution in [0.4, 0.5) is 0 Å². The Morgan fingerprint density at radius 3 is 2.88 bits per heavy atom. The summed E-state index contributed by atoms with van der Waals surface area (Å²) in [4.78, 5) is 10.2. The molecule has 0 unspecified atom stereocenters. The summed E-state index contributed by atoms with van der Waals surface area (Å²) in [6.07, 6.45) is 5.99. The third-order valence-electron chi connectivity index (χ3n) is 2.04. The Labute approximate surface area is 92.4 Å². The van der Waals surface area contributed by atoms with Crippen LogP contribution < -0.4 is 9.47 Å². The summed E-state index contributed by atoms with van der Waals surface area (Å²) < 4.78 is 10.4. The van der Waals surface area contributed by atoms with E-state index in [2.05, 4.69) is 0 Å². The first-order chi connectivity index (χ1) is 7.75. The normalized spacial score (nSPS) is 13.8. The zero-order valence-corrected chi connectivity index (χ0v) is 8.42. The van der Waals surface area contributed by atoms with Crippen LogP contribution in [0, 0.1) is 0 Å². The number of carbonyl (C=O) groups is 1. The highest BCUT2D eigenvalue weighted by atomic mass is 16.7. The van der Waals surface area contributed by atoms with Gasteiger partial charge in [-0.3, -0.25) is 0 Å². The highest BCUT2D eigenvalue weighted by molar-refractivity contribution is 5.80. The zero-order chi connectivity index (χ0) is 11.4. The van der Waals surface area contributed by atoms with E-state index in [4.69, 9.17) is 14.6 Å². The maximum Gasteiger partial charge on any atom is 0.328 e. The van der Waals surface area contributed by atoms with Gasteiger partial charge in [-0.05, 0) is 17.7 Å². The van der Waals surface area contributed by atoms with Crippen molar-refractivity contribution < 1.29 is 19.4 Å². The molecule has 82 valence electrons. The molecular weight excluding hydrogens is 208 g/mol. The Morgan fingerprint density at radius 1 is 1.25 bits per heavy atom. The quantitative estimate of drug-likeness (QED) is 0.623. The standard InChI is InChI=1S/C12H10O4/c13-12(14)4-2-1-3-9-5-6-10-11(7-9)16-8-15-10/h1-7H,8H2,(H,13,14)/b3-1+,4-2-. The first kappa shape index (κ1) is 10.3. The van der Waals surface area contributed by atoms with Crippen LogP contribution in [0.5, 0.6) is 11.5 Å². The lowest BCUT2D eigenvalue weighted by Gasteiger charge is -1.96. The van der Waals surface area contributed by atoms with Crippen molar-refractivity contribution in [3.8, 4) is 11.5 Å². The number of aliphatic carboxylic acids is 1. The number of allylic oxidation sites excluding steroid dienone is 2. The molecule has 4 heteroatoms. The first-order valence-electron chi connectivity index (χ1n) is 4.73. The second-order valence-corrected chi connectivity index (χ2v) is 3.17. The fourth-order valence-electron chi connectivity index (χ4n) is 1.32. The lowest BCUT2D eigenvalue weighted by Crippen LogP contribution is -1.92. The monoisotopic (exact) mass is 218 g/mol. The molecular formula is C12H10O4. The Morgan fingerprint density at radius 2 is 2.06 bits per heavy atom. The van der Waals surface area contributed by atoms with Gasteiger partial charge in [-0.15, -0.1) is 0 Å². The average molecular weight is 218 g/mol. The van der Waals surface area contributed by atoms with Crippen LogP contribution in [-0.4, -0.2) is 17.9 Å². The van der Waals surface area contributed by atoms with Gasteiger partial charge in [0.15, 0.2) is 11.5 Å². The number of carboxylic acids is 1. The van der Waals surface area contributed by atoms with E-state index in [0.717, 1.165) is 17.4 Å². The van der Waals surface area contributed by atoms with Crippen molar-refractivity contribution in [2.24, 2.45) is 0 Å². The molecule has 0 fully saturated rings. The molecule has 4 nitrogen and oxygen atoms in total. The molecule has 0 bridgehead atoms. The minimum Gasteiger partial charge on any atom is -0.478 e. The van der Waals surface area contributed by atoms with E-state index in [1.807, 2.05) is 18.2 Å². The summed E-state index contributed by atoms with van der Waals surface area (Å²) >= 11 is 0. The fraction of sp³-hybridized carbons (Fsp3) is 0.0833. The Kier molecular flexibility index (Phi) is 2.91. The van der Waals surface area contributed by atoms with Crippen molar-refractivity contribution in [2.75, 3.05) is 6.79 Å². The molecule has 2 rings (SSSR count). The van der Waals surface area contributed by atoms with Gasteiger partial charge >= 0.3 is 5.97 Å². The Bertz CT molecular complexity index is 460. The van der Waals surface area contributed by atoms with Crippen LogP contribution in [0.1, 0.15) is 5.56 Å². The summed E-state index contributed by atoms with van der Waals surface area (Å²) in [6.45, 7) is 0.251. The average Bonchev–Trinajstić information content (AvgIpc) is 2.71. The summed E-state index contributed by atoms with van der Waals surface area (Å²) in [7, 11) is 0. The molecule has 16 heavy (non-hydrogen) atoms. The summed E-state index contributed by atoms with van der Waals surface area (Å²) in [6, 6.07) is 5.54. The third-order valence-corrected chi connectivity index (χ3v) is 2.04. The molecule has 0 spiro atoms. The van der Waals surface area contributed by atoms with Crippen molar-refractivity contribution in [1.82, 2.24) is 0 Å². The number of fused-ring (bicyclic) bond motifs is 1. The molecule has 1 N–H and O–H groups in total. The molecule has 0 radical (unpaired) electrons. The van der Waals surface area contributed by atoms with Gasteiger partial charge in [-0.25, -0.2) is 4.79 Å².